The molecule has 0 aliphatic heterocycles. The maximum absolute atomic E-state index is 11.1. The number of carboxylic acids is 1. The SMILES string of the molecule is COc1cc(C(=O)O)cc2cc(C3CC3)c(C)nc12. The summed E-state index contributed by atoms with van der Waals surface area (Å²) >= 11 is 0. The van der Waals surface area contributed by atoms with E-state index in [1.807, 2.05) is 6.92 Å². The molecule has 0 amide bonds. The predicted molar refractivity (Wildman–Crippen MR) is 72.0 cm³/mol. The van der Waals surface area contributed by atoms with E-state index in [0.29, 0.717) is 11.7 Å². The third-order valence-corrected chi connectivity index (χ3v) is 3.60. The minimum absolute atomic E-state index is 0.233. The number of nitrogens with zero attached hydrogens (tertiary/aromatic N) is 1. The van der Waals surface area contributed by atoms with E-state index in [1.54, 1.807) is 6.07 Å². The number of rotatable bonds is 3. The van der Waals surface area contributed by atoms with Crippen molar-refractivity contribution in [2.45, 2.75) is 25.7 Å². The molecule has 0 bridgehead atoms. The molecule has 2 aromatic rings. The fourth-order valence-corrected chi connectivity index (χ4v) is 2.45. The molecule has 0 radical (unpaired) electrons. The van der Waals surface area contributed by atoms with Gasteiger partial charge >= 0.3 is 5.97 Å². The zero-order valence-electron chi connectivity index (χ0n) is 10.9. The zero-order valence-corrected chi connectivity index (χ0v) is 10.9. The van der Waals surface area contributed by atoms with Gasteiger partial charge in [-0.1, -0.05) is 0 Å². The third-order valence-electron chi connectivity index (χ3n) is 3.60. The summed E-state index contributed by atoms with van der Waals surface area (Å²) in [6.07, 6.45) is 2.40. The van der Waals surface area contributed by atoms with Crippen molar-refractivity contribution in [2.24, 2.45) is 0 Å². The fourth-order valence-electron chi connectivity index (χ4n) is 2.45. The van der Waals surface area contributed by atoms with Crippen LogP contribution < -0.4 is 4.74 Å². The van der Waals surface area contributed by atoms with Gasteiger partial charge in [0.2, 0.25) is 0 Å². The van der Waals surface area contributed by atoms with Gasteiger partial charge < -0.3 is 9.84 Å². The van der Waals surface area contributed by atoms with Gasteiger partial charge in [0.15, 0.2) is 0 Å². The van der Waals surface area contributed by atoms with Crippen molar-refractivity contribution >= 4 is 16.9 Å². The first-order valence-corrected chi connectivity index (χ1v) is 6.32. The Morgan fingerprint density at radius 3 is 2.68 bits per heavy atom. The monoisotopic (exact) mass is 257 g/mol. The van der Waals surface area contributed by atoms with E-state index in [1.165, 1.54) is 31.6 Å². The van der Waals surface area contributed by atoms with Crippen LogP contribution in [0.2, 0.25) is 0 Å². The van der Waals surface area contributed by atoms with Gasteiger partial charge in [-0.15, -0.1) is 0 Å². The predicted octanol–water partition coefficient (Wildman–Crippen LogP) is 3.13. The second-order valence-electron chi connectivity index (χ2n) is 4.99. The number of aromatic carboxylic acids is 1. The van der Waals surface area contributed by atoms with Crippen molar-refractivity contribution in [3.63, 3.8) is 0 Å². The van der Waals surface area contributed by atoms with Crippen LogP contribution in [0.5, 0.6) is 5.75 Å². The smallest absolute Gasteiger partial charge is 0.335 e. The number of carboxylic acid groups (broad SMARTS) is 1. The van der Waals surface area contributed by atoms with Gasteiger partial charge in [-0.25, -0.2) is 9.78 Å². The molecule has 98 valence electrons. The summed E-state index contributed by atoms with van der Waals surface area (Å²) in [5.41, 5.74) is 3.21. The van der Waals surface area contributed by atoms with E-state index >= 15 is 0 Å². The number of aryl methyl sites for hydroxylation is 1. The summed E-state index contributed by atoms with van der Waals surface area (Å²) < 4.78 is 5.26. The number of ether oxygens (including phenoxy) is 1. The Balaban J connectivity index is 2.27. The minimum atomic E-state index is -0.950. The molecule has 3 rings (SSSR count). The van der Waals surface area contributed by atoms with Crippen LogP contribution in [0.1, 0.15) is 40.4 Å². The molecule has 1 heterocycles. The van der Waals surface area contributed by atoms with Crippen LogP contribution in [0.15, 0.2) is 18.2 Å². The number of carbonyl (C=O) groups is 1. The normalized spacial score (nSPS) is 14.6. The van der Waals surface area contributed by atoms with Crippen molar-refractivity contribution < 1.29 is 14.6 Å². The molecule has 1 aromatic heterocycles. The second-order valence-corrected chi connectivity index (χ2v) is 4.99. The number of fused-ring (bicyclic) bond motifs is 1. The van der Waals surface area contributed by atoms with Gasteiger partial charge in [0.05, 0.1) is 12.7 Å². The lowest BCUT2D eigenvalue weighted by atomic mass is 10.0. The molecule has 1 saturated carbocycles. The Labute approximate surface area is 111 Å². The van der Waals surface area contributed by atoms with Gasteiger partial charge in [0, 0.05) is 11.1 Å². The quantitative estimate of drug-likeness (QED) is 0.917. The average molecular weight is 257 g/mol. The fraction of sp³-hybridized carbons (Fsp3) is 0.333. The molecule has 0 atom stereocenters. The molecule has 1 N–H and O–H groups in total. The van der Waals surface area contributed by atoms with Crippen LogP contribution in [-0.2, 0) is 0 Å². The second kappa shape index (κ2) is 4.23. The van der Waals surface area contributed by atoms with Gasteiger partial charge in [0.25, 0.3) is 0 Å². The molecule has 0 unspecified atom stereocenters. The molecule has 4 heteroatoms. The third kappa shape index (κ3) is 2.03. The maximum atomic E-state index is 11.1. The molecule has 4 nitrogen and oxygen atoms in total. The lowest BCUT2D eigenvalue weighted by Crippen LogP contribution is -2.00. The summed E-state index contributed by atoms with van der Waals surface area (Å²) in [5, 5.41) is 9.97. The zero-order chi connectivity index (χ0) is 13.6. The Morgan fingerprint density at radius 2 is 2.11 bits per heavy atom. The summed E-state index contributed by atoms with van der Waals surface area (Å²) in [4.78, 5) is 15.7. The first-order valence-electron chi connectivity index (χ1n) is 6.32. The highest BCUT2D eigenvalue weighted by atomic mass is 16.5. The Morgan fingerprint density at radius 1 is 1.37 bits per heavy atom. The molecule has 1 aromatic carbocycles. The highest BCUT2D eigenvalue weighted by Gasteiger charge is 2.26. The number of hydrogen-bond acceptors (Lipinski definition) is 3. The summed E-state index contributed by atoms with van der Waals surface area (Å²) in [6.45, 7) is 2.00. The van der Waals surface area contributed by atoms with E-state index in [9.17, 15) is 4.79 Å². The van der Waals surface area contributed by atoms with Crippen molar-refractivity contribution in [3.8, 4) is 5.75 Å². The van der Waals surface area contributed by atoms with Gasteiger partial charge in [-0.2, -0.15) is 0 Å². The number of aromatic nitrogens is 1. The number of hydrogen-bond donors (Lipinski definition) is 1. The standard InChI is InChI=1S/C15H15NO3/c1-8-12(9-3-4-9)6-10-5-11(15(17)18)7-13(19-2)14(10)16-8/h5-7,9H,3-4H2,1-2H3,(H,17,18). The molecule has 1 aliphatic rings. The highest BCUT2D eigenvalue weighted by molar-refractivity contribution is 5.96. The Kier molecular flexibility index (Phi) is 2.66. The number of pyridine rings is 1. The molecule has 1 fully saturated rings. The maximum Gasteiger partial charge on any atom is 0.335 e. The van der Waals surface area contributed by atoms with Crippen LogP contribution in [0.3, 0.4) is 0 Å². The average Bonchev–Trinajstić information content (AvgIpc) is 3.21. The molecule has 1 aliphatic carbocycles. The number of benzene rings is 1. The van der Waals surface area contributed by atoms with Crippen molar-refractivity contribution in [3.05, 3.63) is 35.0 Å². The molecular formula is C15H15NO3. The largest absolute Gasteiger partial charge is 0.494 e. The van der Waals surface area contributed by atoms with Gasteiger partial charge in [-0.3, -0.25) is 0 Å². The first kappa shape index (κ1) is 12.0. The van der Waals surface area contributed by atoms with E-state index in [4.69, 9.17) is 9.84 Å². The minimum Gasteiger partial charge on any atom is -0.494 e. The lowest BCUT2D eigenvalue weighted by molar-refractivity contribution is 0.0696. The summed E-state index contributed by atoms with van der Waals surface area (Å²) in [5.74, 6) is 0.158. The molecule has 0 saturated heterocycles. The van der Waals surface area contributed by atoms with E-state index < -0.39 is 5.97 Å². The van der Waals surface area contributed by atoms with E-state index in [-0.39, 0.29) is 5.56 Å². The van der Waals surface area contributed by atoms with Gasteiger partial charge in [0.1, 0.15) is 11.3 Å². The summed E-state index contributed by atoms with van der Waals surface area (Å²) in [7, 11) is 1.53. The Bertz CT molecular complexity index is 675. The summed E-state index contributed by atoms with van der Waals surface area (Å²) in [6, 6.07) is 5.25. The van der Waals surface area contributed by atoms with Crippen LogP contribution in [0, 0.1) is 6.92 Å². The van der Waals surface area contributed by atoms with Crippen molar-refractivity contribution in [1.82, 2.24) is 4.98 Å². The number of methoxy groups -OCH3 is 1. The highest BCUT2D eigenvalue weighted by Crippen LogP contribution is 2.42. The van der Waals surface area contributed by atoms with Crippen molar-refractivity contribution in [1.29, 1.82) is 0 Å². The Hall–Kier alpha value is -2.10. The van der Waals surface area contributed by atoms with Crippen molar-refractivity contribution in [2.75, 3.05) is 7.11 Å². The molecule has 0 spiro atoms. The van der Waals surface area contributed by atoms with Crippen LogP contribution >= 0.6 is 0 Å². The van der Waals surface area contributed by atoms with Crippen LogP contribution in [0.4, 0.5) is 0 Å². The van der Waals surface area contributed by atoms with Gasteiger partial charge in [-0.05, 0) is 49.4 Å². The van der Waals surface area contributed by atoms with Crippen LogP contribution in [0.25, 0.3) is 10.9 Å². The molecular weight excluding hydrogens is 242 g/mol. The topological polar surface area (TPSA) is 59.4 Å². The molecule has 19 heavy (non-hydrogen) atoms. The van der Waals surface area contributed by atoms with E-state index in [2.05, 4.69) is 11.1 Å². The van der Waals surface area contributed by atoms with E-state index in [0.717, 1.165) is 16.6 Å². The van der Waals surface area contributed by atoms with Crippen LogP contribution in [-0.4, -0.2) is 23.2 Å². The lowest BCUT2D eigenvalue weighted by Gasteiger charge is -2.10. The first-order chi connectivity index (χ1) is 9.10.